The molecule has 0 aromatic heterocycles. The Bertz CT molecular complexity index is 1830. The van der Waals surface area contributed by atoms with Gasteiger partial charge in [-0.2, -0.15) is 21.0 Å². The molecule has 0 atom stereocenters. The summed E-state index contributed by atoms with van der Waals surface area (Å²) in [5.41, 5.74) is 1.00. The Hall–Kier alpha value is -6.31. The van der Waals surface area contributed by atoms with Gasteiger partial charge in [-0.1, -0.05) is 30.3 Å². The van der Waals surface area contributed by atoms with Crippen molar-refractivity contribution in [1.29, 1.82) is 21.0 Å². The number of benzene rings is 5. The molecule has 0 heterocycles. The highest BCUT2D eigenvalue weighted by Gasteiger charge is 2.19. The summed E-state index contributed by atoms with van der Waals surface area (Å²) >= 11 is 0. The third kappa shape index (κ3) is 7.07. The van der Waals surface area contributed by atoms with E-state index in [2.05, 4.69) is 0 Å². The van der Waals surface area contributed by atoms with E-state index in [1.165, 1.54) is 12.1 Å². The largest absolute Gasteiger partial charge is 0.457 e. The number of hydrogen-bond donors (Lipinski definition) is 0. The maximum absolute atomic E-state index is 9.33. The minimum atomic E-state index is -1.65. The van der Waals surface area contributed by atoms with Crippen LogP contribution in [0.3, 0.4) is 0 Å². The molecule has 0 bridgehead atoms. The molecule has 0 unspecified atom stereocenters. The summed E-state index contributed by atoms with van der Waals surface area (Å²) in [4.78, 5) is 0. The third-order valence-corrected chi connectivity index (χ3v) is 7.36. The second kappa shape index (κ2) is 13.4. The zero-order chi connectivity index (χ0) is 30.0. The van der Waals surface area contributed by atoms with Gasteiger partial charge in [0, 0.05) is 12.1 Å². The molecule has 204 valence electrons. The number of hydrogen-bond acceptors (Lipinski definition) is 8. The second-order valence-corrected chi connectivity index (χ2v) is 10.2. The van der Waals surface area contributed by atoms with Gasteiger partial charge in [0.1, 0.15) is 58.8 Å². The lowest BCUT2D eigenvalue weighted by Gasteiger charge is -2.19. The third-order valence-electron chi connectivity index (χ3n) is 5.89. The smallest absolute Gasteiger partial charge is 0.326 e. The van der Waals surface area contributed by atoms with Crippen LogP contribution in [0, 0.1) is 45.3 Å². The molecule has 0 aliphatic heterocycles. The molecule has 0 amide bonds. The average Bonchev–Trinajstić information content (AvgIpc) is 3.05. The molecule has 5 aromatic rings. The van der Waals surface area contributed by atoms with Crippen molar-refractivity contribution < 1.29 is 18.5 Å². The molecule has 43 heavy (non-hydrogen) atoms. The van der Waals surface area contributed by atoms with E-state index in [-0.39, 0.29) is 22.3 Å². The summed E-state index contributed by atoms with van der Waals surface area (Å²) in [5.74, 6) is 2.77. The van der Waals surface area contributed by atoms with Gasteiger partial charge in [-0.3, -0.25) is 0 Å². The van der Waals surface area contributed by atoms with Crippen molar-refractivity contribution in [2.45, 2.75) is 0 Å². The fourth-order valence-corrected chi connectivity index (χ4v) is 5.15. The van der Waals surface area contributed by atoms with E-state index in [1.54, 1.807) is 72.8 Å². The summed E-state index contributed by atoms with van der Waals surface area (Å²) in [6.45, 7) is 0. The monoisotopic (exact) mass is 578 g/mol. The van der Waals surface area contributed by atoms with E-state index < -0.39 is 8.38 Å². The minimum absolute atomic E-state index is 0.226. The first-order valence-electron chi connectivity index (χ1n) is 12.7. The van der Waals surface area contributed by atoms with Crippen LogP contribution < -0.4 is 23.8 Å². The molecule has 0 radical (unpaired) electrons. The van der Waals surface area contributed by atoms with Gasteiger partial charge in [0.05, 0.1) is 27.6 Å². The normalized spacial score (nSPS) is 9.98. The number of nitrogens with zero attached hydrogens (tertiary/aromatic N) is 4. The van der Waals surface area contributed by atoms with E-state index in [4.69, 9.17) is 18.5 Å². The molecule has 5 rings (SSSR count). The summed E-state index contributed by atoms with van der Waals surface area (Å²) < 4.78 is 24.6. The molecule has 5 aromatic carbocycles. The van der Waals surface area contributed by atoms with Crippen LogP contribution in [0.5, 0.6) is 34.5 Å². The lowest BCUT2D eigenvalue weighted by Crippen LogP contribution is -2.09. The van der Waals surface area contributed by atoms with Crippen LogP contribution in [0.4, 0.5) is 0 Å². The quantitative estimate of drug-likeness (QED) is 0.162. The van der Waals surface area contributed by atoms with E-state index >= 15 is 0 Å². The van der Waals surface area contributed by atoms with Crippen molar-refractivity contribution in [3.05, 3.63) is 138 Å². The molecule has 0 saturated heterocycles. The Balaban J connectivity index is 1.36. The van der Waals surface area contributed by atoms with E-state index in [1.807, 2.05) is 54.6 Å². The highest BCUT2D eigenvalue weighted by molar-refractivity contribution is 7.56. The van der Waals surface area contributed by atoms with E-state index in [9.17, 15) is 21.0 Å². The molecular weight excluding hydrogens is 559 g/mol. The fourth-order valence-electron chi connectivity index (χ4n) is 3.88. The maximum Gasteiger partial charge on any atom is 0.326 e. The Labute approximate surface area is 249 Å². The topological polar surface area (TPSA) is 132 Å². The zero-order valence-electron chi connectivity index (χ0n) is 22.3. The van der Waals surface area contributed by atoms with Crippen molar-refractivity contribution in [2.24, 2.45) is 0 Å². The van der Waals surface area contributed by atoms with Gasteiger partial charge >= 0.3 is 8.38 Å². The molecule has 8 nitrogen and oxygen atoms in total. The number of ether oxygens (including phenoxy) is 2. The highest BCUT2D eigenvalue weighted by atomic mass is 31.2. The lowest BCUT2D eigenvalue weighted by molar-refractivity contribution is 0.467. The van der Waals surface area contributed by atoms with Crippen LogP contribution in [0.2, 0.25) is 0 Å². The van der Waals surface area contributed by atoms with Crippen molar-refractivity contribution in [3.63, 3.8) is 0 Å². The first kappa shape index (κ1) is 28.2. The summed E-state index contributed by atoms with van der Waals surface area (Å²) in [6.07, 6.45) is 0. The van der Waals surface area contributed by atoms with Crippen LogP contribution in [0.1, 0.15) is 22.3 Å². The maximum atomic E-state index is 9.33. The van der Waals surface area contributed by atoms with Crippen LogP contribution in [-0.4, -0.2) is 0 Å². The standard InChI is InChI=1S/C34H19N4O4P/c35-20-24-12-14-30(16-26(24)22-37)39-28-6-4-8-32(18-28)41-43(34-10-2-1-3-11-34)42-33-9-5-7-29(19-33)40-31-15-13-25(21-36)27(17-31)23-38/h1-19H. The first-order valence-corrected chi connectivity index (χ1v) is 13.9. The molecular formula is C34H19N4O4P. The molecule has 0 fully saturated rings. The van der Waals surface area contributed by atoms with Crippen molar-refractivity contribution in [2.75, 3.05) is 0 Å². The molecule has 9 heteroatoms. The molecule has 0 aliphatic rings. The van der Waals surface area contributed by atoms with Crippen LogP contribution in [-0.2, 0) is 0 Å². The van der Waals surface area contributed by atoms with Gasteiger partial charge in [-0.05, 0) is 72.8 Å². The van der Waals surface area contributed by atoms with Crippen LogP contribution >= 0.6 is 8.38 Å². The van der Waals surface area contributed by atoms with Gasteiger partial charge in [-0.25, -0.2) is 0 Å². The second-order valence-electron chi connectivity index (χ2n) is 8.79. The first-order chi connectivity index (χ1) is 21.1. The Kier molecular flexibility index (Phi) is 8.77. The lowest BCUT2D eigenvalue weighted by atomic mass is 10.1. The predicted molar refractivity (Wildman–Crippen MR) is 159 cm³/mol. The Morgan fingerprint density at radius 2 is 0.814 bits per heavy atom. The van der Waals surface area contributed by atoms with Crippen molar-refractivity contribution >= 4 is 13.7 Å². The molecule has 0 N–H and O–H groups in total. The fraction of sp³-hybridized carbons (Fsp3) is 0. The predicted octanol–water partition coefficient (Wildman–Crippen LogP) is 7.85. The van der Waals surface area contributed by atoms with E-state index in [0.29, 0.717) is 34.5 Å². The number of rotatable bonds is 9. The van der Waals surface area contributed by atoms with Gasteiger partial charge in [0.2, 0.25) is 0 Å². The zero-order valence-corrected chi connectivity index (χ0v) is 23.2. The van der Waals surface area contributed by atoms with Crippen molar-refractivity contribution in [1.82, 2.24) is 0 Å². The van der Waals surface area contributed by atoms with Crippen LogP contribution in [0.15, 0.2) is 115 Å². The summed E-state index contributed by atoms with van der Waals surface area (Å²) in [6, 6.07) is 40.9. The summed E-state index contributed by atoms with van der Waals surface area (Å²) in [5, 5.41) is 37.8. The number of nitriles is 4. The van der Waals surface area contributed by atoms with Gasteiger partial charge in [-0.15, -0.1) is 0 Å². The molecule has 0 saturated carbocycles. The van der Waals surface area contributed by atoms with Gasteiger partial charge in [0.15, 0.2) is 0 Å². The van der Waals surface area contributed by atoms with Crippen molar-refractivity contribution in [3.8, 4) is 58.8 Å². The highest BCUT2D eigenvalue weighted by Crippen LogP contribution is 2.42. The average molecular weight is 579 g/mol. The molecule has 0 spiro atoms. The SMILES string of the molecule is N#Cc1ccc(Oc2cccc(OP(Oc3cccc(Oc4ccc(C#N)c(C#N)c4)c3)c3ccccc3)c2)cc1C#N. The minimum Gasteiger partial charge on any atom is -0.457 e. The Morgan fingerprint density at radius 1 is 0.395 bits per heavy atom. The molecule has 0 aliphatic carbocycles. The van der Waals surface area contributed by atoms with Crippen LogP contribution in [0.25, 0.3) is 0 Å². The van der Waals surface area contributed by atoms with Gasteiger partial charge in [0.25, 0.3) is 0 Å². The summed E-state index contributed by atoms with van der Waals surface area (Å²) in [7, 11) is -1.65. The van der Waals surface area contributed by atoms with E-state index in [0.717, 1.165) is 5.30 Å². The Morgan fingerprint density at radius 3 is 1.26 bits per heavy atom. The van der Waals surface area contributed by atoms with Gasteiger partial charge < -0.3 is 18.5 Å².